The van der Waals surface area contributed by atoms with E-state index >= 15 is 0 Å². The van der Waals surface area contributed by atoms with Crippen LogP contribution in [0.5, 0.6) is 0 Å². The van der Waals surface area contributed by atoms with E-state index in [9.17, 15) is 4.79 Å². The Morgan fingerprint density at radius 3 is 2.36 bits per heavy atom. The monoisotopic (exact) mass is 359 g/mol. The van der Waals surface area contributed by atoms with Gasteiger partial charge in [0.25, 0.3) is 0 Å². The molecule has 0 bridgehead atoms. The van der Waals surface area contributed by atoms with Crippen molar-refractivity contribution < 1.29 is 4.79 Å². The lowest BCUT2D eigenvalue weighted by molar-refractivity contribution is 0.0951. The van der Waals surface area contributed by atoms with Crippen LogP contribution in [-0.2, 0) is 0 Å². The van der Waals surface area contributed by atoms with Crippen molar-refractivity contribution in [1.29, 1.82) is 0 Å². The largest absolute Gasteiger partial charge is 0.294 e. The van der Waals surface area contributed by atoms with Crippen molar-refractivity contribution in [3.05, 3.63) is 63.9 Å². The molecule has 0 fully saturated rings. The van der Waals surface area contributed by atoms with E-state index in [2.05, 4.69) is 53.8 Å². The van der Waals surface area contributed by atoms with Gasteiger partial charge < -0.3 is 0 Å². The third kappa shape index (κ3) is 4.26. The Morgan fingerprint density at radius 1 is 1.18 bits per heavy atom. The molecule has 0 aliphatic rings. The summed E-state index contributed by atoms with van der Waals surface area (Å²) in [6, 6.07) is 11.9. The zero-order valence-corrected chi connectivity index (χ0v) is 15.1. The minimum Gasteiger partial charge on any atom is -0.294 e. The Balaban J connectivity index is 2.28. The SMILES string of the molecule is Cc1cc(C(=O)CC(c2ccc(Br)cc2)C(C)(C)C)ccn1. The fourth-order valence-corrected chi connectivity index (χ4v) is 2.91. The smallest absolute Gasteiger partial charge is 0.163 e. The molecule has 1 heterocycles. The molecule has 0 amide bonds. The van der Waals surface area contributed by atoms with Crippen LogP contribution in [0, 0.1) is 12.3 Å². The number of rotatable bonds is 4. The first kappa shape index (κ1) is 16.9. The van der Waals surface area contributed by atoms with Gasteiger partial charge in [-0.05, 0) is 48.1 Å². The predicted octanol–water partition coefficient (Wildman–Crippen LogP) is 5.56. The minimum absolute atomic E-state index is 0.0194. The molecular weight excluding hydrogens is 338 g/mol. The Labute approximate surface area is 141 Å². The number of carbonyl (C=O) groups excluding carboxylic acids is 1. The van der Waals surface area contributed by atoms with Gasteiger partial charge in [-0.2, -0.15) is 0 Å². The number of hydrogen-bond donors (Lipinski definition) is 0. The number of hydrogen-bond acceptors (Lipinski definition) is 2. The lowest BCUT2D eigenvalue weighted by Crippen LogP contribution is -2.21. The zero-order chi connectivity index (χ0) is 16.3. The topological polar surface area (TPSA) is 30.0 Å². The number of benzene rings is 1. The molecule has 1 unspecified atom stereocenters. The quantitative estimate of drug-likeness (QED) is 0.669. The van der Waals surface area contributed by atoms with E-state index in [-0.39, 0.29) is 17.1 Å². The van der Waals surface area contributed by atoms with Crippen LogP contribution in [-0.4, -0.2) is 10.8 Å². The van der Waals surface area contributed by atoms with E-state index in [1.54, 1.807) is 12.3 Å². The summed E-state index contributed by atoms with van der Waals surface area (Å²) in [5.74, 6) is 0.356. The maximum atomic E-state index is 12.7. The fourth-order valence-electron chi connectivity index (χ4n) is 2.64. The highest BCUT2D eigenvalue weighted by Crippen LogP contribution is 2.38. The molecule has 0 spiro atoms. The van der Waals surface area contributed by atoms with Crippen LogP contribution in [0.2, 0.25) is 0 Å². The second-order valence-corrected chi connectivity index (χ2v) is 7.70. The first-order valence-corrected chi connectivity index (χ1v) is 8.28. The summed E-state index contributed by atoms with van der Waals surface area (Å²) >= 11 is 3.47. The van der Waals surface area contributed by atoms with E-state index < -0.39 is 0 Å². The van der Waals surface area contributed by atoms with Gasteiger partial charge in [0.2, 0.25) is 0 Å². The second kappa shape index (κ2) is 6.74. The standard InChI is InChI=1S/C19H22BrNO/c1-13-11-15(9-10-21-13)18(22)12-17(19(2,3)4)14-5-7-16(20)8-6-14/h5-11,17H,12H2,1-4H3. The number of pyridine rings is 1. The number of nitrogens with zero attached hydrogens (tertiary/aromatic N) is 1. The molecule has 0 saturated heterocycles. The van der Waals surface area contributed by atoms with Gasteiger partial charge in [0.1, 0.15) is 0 Å². The summed E-state index contributed by atoms with van der Waals surface area (Å²) in [6.07, 6.45) is 2.21. The van der Waals surface area contributed by atoms with Gasteiger partial charge in [-0.1, -0.05) is 48.8 Å². The lowest BCUT2D eigenvalue weighted by atomic mass is 9.73. The number of aromatic nitrogens is 1. The van der Waals surface area contributed by atoms with Crippen LogP contribution in [0.15, 0.2) is 47.1 Å². The number of halogens is 1. The van der Waals surface area contributed by atoms with Gasteiger partial charge in [0.05, 0.1) is 0 Å². The molecular formula is C19H22BrNO. The van der Waals surface area contributed by atoms with Crippen molar-refractivity contribution in [2.45, 2.75) is 40.0 Å². The summed E-state index contributed by atoms with van der Waals surface area (Å²) < 4.78 is 1.06. The summed E-state index contributed by atoms with van der Waals surface area (Å²) in [7, 11) is 0. The van der Waals surface area contributed by atoms with Crippen LogP contribution < -0.4 is 0 Å². The highest BCUT2D eigenvalue weighted by atomic mass is 79.9. The molecule has 22 heavy (non-hydrogen) atoms. The Kier molecular flexibility index (Phi) is 5.17. The molecule has 2 nitrogen and oxygen atoms in total. The van der Waals surface area contributed by atoms with E-state index in [0.29, 0.717) is 6.42 Å². The maximum absolute atomic E-state index is 12.7. The first-order valence-electron chi connectivity index (χ1n) is 7.48. The number of Topliss-reactive ketones (excluding diaryl/α,β-unsaturated/α-hetero) is 1. The molecule has 0 radical (unpaired) electrons. The molecule has 0 aliphatic heterocycles. The van der Waals surface area contributed by atoms with Gasteiger partial charge in [-0.25, -0.2) is 0 Å². The second-order valence-electron chi connectivity index (χ2n) is 6.78. The van der Waals surface area contributed by atoms with Crippen LogP contribution in [0.25, 0.3) is 0 Å². The predicted molar refractivity (Wildman–Crippen MR) is 94.3 cm³/mol. The van der Waals surface area contributed by atoms with Gasteiger partial charge >= 0.3 is 0 Å². The molecule has 2 aromatic rings. The van der Waals surface area contributed by atoms with Gasteiger partial charge in [0.15, 0.2) is 5.78 Å². The van der Waals surface area contributed by atoms with Crippen molar-refractivity contribution in [3.63, 3.8) is 0 Å². The van der Waals surface area contributed by atoms with Gasteiger partial charge in [-0.3, -0.25) is 9.78 Å². The first-order chi connectivity index (χ1) is 10.3. The summed E-state index contributed by atoms with van der Waals surface area (Å²) in [4.78, 5) is 16.8. The summed E-state index contributed by atoms with van der Waals surface area (Å²) in [5, 5.41) is 0. The highest BCUT2D eigenvalue weighted by Gasteiger charge is 2.28. The summed E-state index contributed by atoms with van der Waals surface area (Å²) in [5.41, 5.74) is 2.85. The van der Waals surface area contributed by atoms with E-state index in [4.69, 9.17) is 0 Å². The number of aryl methyl sites for hydroxylation is 1. The Hall–Kier alpha value is -1.48. The number of ketones is 1. The van der Waals surface area contributed by atoms with Crippen LogP contribution in [0.4, 0.5) is 0 Å². The molecule has 1 aromatic heterocycles. The zero-order valence-electron chi connectivity index (χ0n) is 13.6. The molecule has 2 rings (SSSR count). The molecule has 0 saturated carbocycles. The molecule has 0 N–H and O–H groups in total. The molecule has 116 valence electrons. The molecule has 1 atom stereocenters. The normalized spacial score (nSPS) is 13.0. The maximum Gasteiger partial charge on any atom is 0.163 e. The van der Waals surface area contributed by atoms with E-state index in [0.717, 1.165) is 15.7 Å². The van der Waals surface area contributed by atoms with Crippen LogP contribution in [0.3, 0.4) is 0 Å². The third-order valence-corrected chi connectivity index (χ3v) is 4.45. The van der Waals surface area contributed by atoms with Crippen LogP contribution >= 0.6 is 15.9 Å². The van der Waals surface area contributed by atoms with Gasteiger partial charge in [0, 0.05) is 28.3 Å². The highest BCUT2D eigenvalue weighted by molar-refractivity contribution is 9.10. The van der Waals surface area contributed by atoms with Crippen molar-refractivity contribution in [2.75, 3.05) is 0 Å². The van der Waals surface area contributed by atoms with Gasteiger partial charge in [-0.15, -0.1) is 0 Å². The van der Waals surface area contributed by atoms with Crippen molar-refractivity contribution >= 4 is 21.7 Å². The van der Waals surface area contributed by atoms with E-state index in [1.807, 2.05) is 25.1 Å². The molecule has 1 aromatic carbocycles. The Bertz CT molecular complexity index is 656. The fraction of sp³-hybridized carbons (Fsp3) is 0.368. The number of carbonyl (C=O) groups is 1. The van der Waals surface area contributed by atoms with Crippen molar-refractivity contribution in [3.8, 4) is 0 Å². The lowest BCUT2D eigenvalue weighted by Gasteiger charge is -2.31. The molecule has 3 heteroatoms. The minimum atomic E-state index is 0.0194. The Morgan fingerprint density at radius 2 is 1.82 bits per heavy atom. The average Bonchev–Trinajstić information content (AvgIpc) is 2.44. The molecule has 0 aliphatic carbocycles. The van der Waals surface area contributed by atoms with E-state index in [1.165, 1.54) is 5.56 Å². The van der Waals surface area contributed by atoms with Crippen molar-refractivity contribution in [1.82, 2.24) is 4.98 Å². The third-order valence-electron chi connectivity index (χ3n) is 3.93. The summed E-state index contributed by atoms with van der Waals surface area (Å²) in [6.45, 7) is 8.47. The van der Waals surface area contributed by atoms with Crippen molar-refractivity contribution in [2.24, 2.45) is 5.41 Å². The average molecular weight is 360 g/mol. The van der Waals surface area contributed by atoms with Crippen LogP contribution in [0.1, 0.15) is 54.7 Å².